The maximum Gasteiger partial charge on any atom is 0.202 e. The maximum absolute atomic E-state index is 5.60. The number of nitrogen functional groups attached to an aromatic ring is 1. The number of imidazole rings is 1. The molecule has 0 aliphatic heterocycles. The van der Waals surface area contributed by atoms with Gasteiger partial charge in [-0.25, -0.2) is 9.97 Å². The molecule has 0 spiro atoms. The molecule has 62 valence electrons. The lowest BCUT2D eigenvalue weighted by Crippen LogP contribution is -1.94. The average Bonchev–Trinajstić information content (AvgIpc) is 2.29. The highest BCUT2D eigenvalue weighted by molar-refractivity contribution is 9.10. The summed E-state index contributed by atoms with van der Waals surface area (Å²) in [5.74, 6) is 0.325. The van der Waals surface area contributed by atoms with E-state index >= 15 is 0 Å². The van der Waals surface area contributed by atoms with Crippen LogP contribution in [0.15, 0.2) is 4.73 Å². The molecule has 5 nitrogen and oxygen atoms in total. The lowest BCUT2D eigenvalue weighted by atomic mass is 10.5. The molecule has 0 unspecified atom stereocenters. The average molecular weight is 248 g/mol. The zero-order chi connectivity index (χ0) is 8.72. The summed E-state index contributed by atoms with van der Waals surface area (Å²) in [6.07, 6.45) is 0. The summed E-state index contributed by atoms with van der Waals surface area (Å²) in [6.45, 7) is 0. The van der Waals surface area contributed by atoms with Gasteiger partial charge in [-0.05, 0) is 27.5 Å². The van der Waals surface area contributed by atoms with Crippen LogP contribution in [0.25, 0.3) is 11.2 Å². The van der Waals surface area contributed by atoms with Gasteiger partial charge in [0.15, 0.2) is 11.5 Å². The van der Waals surface area contributed by atoms with Gasteiger partial charge in [0, 0.05) is 0 Å². The third-order valence-electron chi connectivity index (χ3n) is 1.32. The molecule has 0 aliphatic rings. The molecular weight excluding hydrogens is 245 g/mol. The molecule has 0 bridgehead atoms. The monoisotopic (exact) mass is 247 g/mol. The minimum absolute atomic E-state index is 0.254. The standard InChI is InChI=1S/C5H3BrClN5/c6-4-10-2(8)1-3(11-4)12-5(7)9-1/h(H3,8,9,10,11,12). The highest BCUT2D eigenvalue weighted by Gasteiger charge is 2.07. The molecule has 0 saturated carbocycles. The lowest BCUT2D eigenvalue weighted by Gasteiger charge is -1.93. The fraction of sp³-hybridized carbons (Fsp3) is 0. The number of rotatable bonds is 0. The molecular formula is C5H3BrClN5. The number of nitrogens with zero attached hydrogens (tertiary/aromatic N) is 3. The third kappa shape index (κ3) is 1.12. The van der Waals surface area contributed by atoms with Gasteiger partial charge in [-0.15, -0.1) is 0 Å². The van der Waals surface area contributed by atoms with Gasteiger partial charge >= 0.3 is 0 Å². The predicted molar refractivity (Wildman–Crippen MR) is 48.8 cm³/mol. The first-order valence-electron chi connectivity index (χ1n) is 3.01. The predicted octanol–water partition coefficient (Wildman–Crippen LogP) is 1.35. The number of hydrogen-bond acceptors (Lipinski definition) is 4. The van der Waals surface area contributed by atoms with Gasteiger partial charge in [-0.1, -0.05) is 0 Å². The van der Waals surface area contributed by atoms with Crippen LogP contribution in [0.1, 0.15) is 0 Å². The molecule has 3 N–H and O–H groups in total. The van der Waals surface area contributed by atoms with E-state index in [0.717, 1.165) is 0 Å². The number of fused-ring (bicyclic) bond motifs is 1. The van der Waals surface area contributed by atoms with E-state index in [0.29, 0.717) is 21.7 Å². The van der Waals surface area contributed by atoms with Crippen molar-refractivity contribution in [1.82, 2.24) is 19.9 Å². The minimum Gasteiger partial charge on any atom is -0.382 e. The number of hydrogen-bond donors (Lipinski definition) is 2. The first kappa shape index (κ1) is 7.75. The number of anilines is 1. The van der Waals surface area contributed by atoms with Gasteiger partial charge in [-0.3, -0.25) is 0 Å². The second-order valence-corrected chi connectivity index (χ2v) is 3.17. The summed E-state index contributed by atoms with van der Waals surface area (Å²) in [7, 11) is 0. The molecule has 2 aromatic heterocycles. The minimum atomic E-state index is 0.254. The van der Waals surface area contributed by atoms with Gasteiger partial charge in [-0.2, -0.15) is 4.98 Å². The summed E-state index contributed by atoms with van der Waals surface area (Å²) in [4.78, 5) is 14.4. The quantitative estimate of drug-likeness (QED) is 0.545. The van der Waals surface area contributed by atoms with Crippen LogP contribution in [-0.4, -0.2) is 19.9 Å². The van der Waals surface area contributed by atoms with Crippen molar-refractivity contribution in [2.45, 2.75) is 0 Å². The molecule has 0 aromatic carbocycles. The molecule has 2 aromatic rings. The Bertz CT molecular complexity index is 439. The van der Waals surface area contributed by atoms with E-state index < -0.39 is 0 Å². The molecule has 7 heteroatoms. The van der Waals surface area contributed by atoms with Crippen LogP contribution in [0.5, 0.6) is 0 Å². The fourth-order valence-corrected chi connectivity index (χ4v) is 1.40. The van der Waals surface area contributed by atoms with Crippen LogP contribution in [-0.2, 0) is 0 Å². The summed E-state index contributed by atoms with van der Waals surface area (Å²) in [6, 6.07) is 0. The van der Waals surface area contributed by atoms with E-state index in [1.165, 1.54) is 0 Å². The van der Waals surface area contributed by atoms with Crippen molar-refractivity contribution < 1.29 is 0 Å². The van der Waals surface area contributed by atoms with E-state index in [4.69, 9.17) is 17.3 Å². The number of nitrogens with two attached hydrogens (primary N) is 1. The number of aromatic amines is 1. The molecule has 0 amide bonds. The Morgan fingerprint density at radius 3 is 2.83 bits per heavy atom. The number of H-pyrrole nitrogens is 1. The highest BCUT2D eigenvalue weighted by Crippen LogP contribution is 2.18. The zero-order valence-corrected chi connectivity index (χ0v) is 8.02. The van der Waals surface area contributed by atoms with Crippen molar-refractivity contribution in [3.63, 3.8) is 0 Å². The molecule has 2 rings (SSSR count). The van der Waals surface area contributed by atoms with E-state index in [1.54, 1.807) is 0 Å². The van der Waals surface area contributed by atoms with Crippen LogP contribution in [0.4, 0.5) is 5.82 Å². The van der Waals surface area contributed by atoms with Crippen LogP contribution in [0, 0.1) is 0 Å². The van der Waals surface area contributed by atoms with Gasteiger partial charge in [0.1, 0.15) is 5.52 Å². The zero-order valence-electron chi connectivity index (χ0n) is 5.67. The SMILES string of the molecule is Nc1nc(Br)nc2nc(Cl)[nH]c12. The lowest BCUT2D eigenvalue weighted by molar-refractivity contribution is 1.15. The first-order valence-corrected chi connectivity index (χ1v) is 4.18. The largest absolute Gasteiger partial charge is 0.382 e. The van der Waals surface area contributed by atoms with Crippen LogP contribution >= 0.6 is 27.5 Å². The second kappa shape index (κ2) is 2.56. The van der Waals surface area contributed by atoms with Crippen molar-refractivity contribution >= 4 is 44.5 Å². The number of halogens is 2. The molecule has 0 fully saturated rings. The van der Waals surface area contributed by atoms with Gasteiger partial charge < -0.3 is 10.7 Å². The number of nitrogens with one attached hydrogen (secondary N) is 1. The molecule has 0 saturated heterocycles. The van der Waals surface area contributed by atoms with Gasteiger partial charge in [0.2, 0.25) is 10.0 Å². The molecule has 0 atom stereocenters. The molecule has 0 radical (unpaired) electrons. The van der Waals surface area contributed by atoms with Crippen molar-refractivity contribution in [1.29, 1.82) is 0 Å². The molecule has 2 heterocycles. The maximum atomic E-state index is 5.60. The Kier molecular flexibility index (Phi) is 1.66. The van der Waals surface area contributed by atoms with Crippen LogP contribution in [0.3, 0.4) is 0 Å². The van der Waals surface area contributed by atoms with E-state index in [-0.39, 0.29) is 5.28 Å². The van der Waals surface area contributed by atoms with Crippen LogP contribution in [0.2, 0.25) is 5.28 Å². The van der Waals surface area contributed by atoms with Crippen molar-refractivity contribution in [3.8, 4) is 0 Å². The van der Waals surface area contributed by atoms with Crippen molar-refractivity contribution in [2.75, 3.05) is 5.73 Å². The third-order valence-corrected chi connectivity index (χ3v) is 1.86. The topological polar surface area (TPSA) is 80.5 Å². The molecule has 0 aliphatic carbocycles. The highest BCUT2D eigenvalue weighted by atomic mass is 79.9. The van der Waals surface area contributed by atoms with Crippen LogP contribution < -0.4 is 5.73 Å². The second-order valence-electron chi connectivity index (χ2n) is 2.10. The van der Waals surface area contributed by atoms with Gasteiger partial charge in [0.25, 0.3) is 0 Å². The van der Waals surface area contributed by atoms with Crippen molar-refractivity contribution in [3.05, 3.63) is 10.0 Å². The fourth-order valence-electron chi connectivity index (χ4n) is 0.863. The van der Waals surface area contributed by atoms with E-state index in [1.807, 2.05) is 0 Å². The Balaban J connectivity index is 2.88. The Morgan fingerprint density at radius 2 is 2.08 bits per heavy atom. The summed E-state index contributed by atoms with van der Waals surface area (Å²) >= 11 is 8.70. The van der Waals surface area contributed by atoms with E-state index in [2.05, 4.69) is 35.9 Å². The smallest absolute Gasteiger partial charge is 0.202 e. The normalized spacial score (nSPS) is 10.8. The van der Waals surface area contributed by atoms with Gasteiger partial charge in [0.05, 0.1) is 0 Å². The Hall–Kier alpha value is -0.880. The van der Waals surface area contributed by atoms with E-state index in [9.17, 15) is 0 Å². The number of aromatic nitrogens is 4. The summed E-state index contributed by atoms with van der Waals surface area (Å²) < 4.78 is 0.399. The summed E-state index contributed by atoms with van der Waals surface area (Å²) in [5.41, 5.74) is 6.58. The Morgan fingerprint density at radius 1 is 1.33 bits per heavy atom. The first-order chi connectivity index (χ1) is 5.66. The summed E-state index contributed by atoms with van der Waals surface area (Å²) in [5, 5.41) is 0.254. The molecule has 12 heavy (non-hydrogen) atoms. The van der Waals surface area contributed by atoms with Crippen molar-refractivity contribution in [2.24, 2.45) is 0 Å². The Labute approximate surface area is 80.5 Å².